The predicted molar refractivity (Wildman–Crippen MR) is 111 cm³/mol. The molecule has 0 amide bonds. The predicted octanol–water partition coefficient (Wildman–Crippen LogP) is 6.58. The quantitative estimate of drug-likeness (QED) is 0.249. The molecule has 0 radical (unpaired) electrons. The lowest BCUT2D eigenvalue weighted by atomic mass is 10.1. The van der Waals surface area contributed by atoms with Crippen LogP contribution in [0.2, 0.25) is 5.02 Å². The minimum absolute atomic E-state index is 0.0169. The van der Waals surface area contributed by atoms with E-state index in [1.165, 1.54) is 36.5 Å². The zero-order valence-corrected chi connectivity index (χ0v) is 16.9. The number of carbonyl (C=O) groups excluding carboxylic acids is 1. The molecule has 0 spiro atoms. The van der Waals surface area contributed by atoms with Crippen molar-refractivity contribution in [2.75, 3.05) is 0 Å². The molecule has 1 unspecified atom stereocenters. The molecule has 162 valence electrons. The molecule has 0 saturated heterocycles. The Hall–Kier alpha value is -3.52. The van der Waals surface area contributed by atoms with E-state index in [-0.39, 0.29) is 27.6 Å². The van der Waals surface area contributed by atoms with Crippen LogP contribution in [0.5, 0.6) is 5.75 Å². The molecule has 4 rings (SSSR count). The first-order valence-electron chi connectivity index (χ1n) is 9.26. The zero-order valence-electron chi connectivity index (χ0n) is 16.1. The van der Waals surface area contributed by atoms with Crippen molar-refractivity contribution < 1.29 is 27.1 Å². The molecule has 0 bridgehead atoms. The van der Waals surface area contributed by atoms with Gasteiger partial charge < -0.3 is 4.74 Å². The van der Waals surface area contributed by atoms with Crippen molar-refractivity contribution in [3.8, 4) is 17.0 Å². The van der Waals surface area contributed by atoms with Crippen molar-refractivity contribution in [3.63, 3.8) is 0 Å². The number of aromatic nitrogens is 2. The Bertz CT molecular complexity index is 1300. The second kappa shape index (κ2) is 8.55. The second-order valence-corrected chi connectivity index (χ2v) is 7.18. The maximum Gasteiger partial charge on any atom is 0.429 e. The van der Waals surface area contributed by atoms with E-state index >= 15 is 0 Å². The fourth-order valence-corrected chi connectivity index (χ4v) is 3.45. The summed E-state index contributed by atoms with van der Waals surface area (Å²) in [6, 6.07) is 13.6. The number of carbonyl (C=O) groups is 1. The maximum absolute atomic E-state index is 14.7. The number of aldehydes is 1. The summed E-state index contributed by atoms with van der Waals surface area (Å²) in [5, 5.41) is -0.379. The van der Waals surface area contributed by atoms with Gasteiger partial charge in [-0.05, 0) is 30.3 Å². The molecule has 1 heterocycles. The second-order valence-electron chi connectivity index (χ2n) is 6.81. The number of hydrogen-bond donors (Lipinski definition) is 0. The molecule has 0 aliphatic carbocycles. The van der Waals surface area contributed by atoms with Gasteiger partial charge in [-0.15, -0.1) is 0 Å². The van der Waals surface area contributed by atoms with Gasteiger partial charge in [0.05, 0.1) is 33.5 Å². The van der Waals surface area contributed by atoms with Gasteiger partial charge in [0.25, 0.3) is 0 Å². The van der Waals surface area contributed by atoms with Crippen LogP contribution in [0.1, 0.15) is 22.0 Å². The normalized spacial score (nSPS) is 12.5. The molecule has 0 aliphatic rings. The summed E-state index contributed by atoms with van der Waals surface area (Å²) in [6.07, 6.45) is -5.18. The lowest BCUT2D eigenvalue weighted by Gasteiger charge is -2.23. The average molecular weight is 461 g/mol. The number of hydrogen-bond acceptors (Lipinski definition) is 4. The van der Waals surface area contributed by atoms with Gasteiger partial charge in [0.2, 0.25) is 6.10 Å². The molecule has 0 aliphatic heterocycles. The monoisotopic (exact) mass is 460 g/mol. The van der Waals surface area contributed by atoms with Crippen LogP contribution >= 0.6 is 11.6 Å². The molecule has 1 atom stereocenters. The van der Waals surface area contributed by atoms with Crippen LogP contribution in [0.15, 0.2) is 66.9 Å². The molecular formula is C23H13ClF4N2O2. The third-order valence-corrected chi connectivity index (χ3v) is 5.03. The molecule has 0 fully saturated rings. The molecule has 4 aromatic rings. The Balaban J connectivity index is 1.79. The van der Waals surface area contributed by atoms with Crippen molar-refractivity contribution in [1.29, 1.82) is 0 Å². The lowest BCUT2D eigenvalue weighted by Crippen LogP contribution is -2.26. The molecule has 1 aromatic heterocycles. The van der Waals surface area contributed by atoms with Crippen LogP contribution in [0, 0.1) is 5.82 Å². The van der Waals surface area contributed by atoms with E-state index in [0.717, 1.165) is 12.1 Å². The largest absolute Gasteiger partial charge is 0.475 e. The van der Waals surface area contributed by atoms with Gasteiger partial charge in [-0.1, -0.05) is 41.9 Å². The maximum atomic E-state index is 14.7. The van der Waals surface area contributed by atoms with Crippen LogP contribution in [0.25, 0.3) is 22.3 Å². The van der Waals surface area contributed by atoms with Crippen molar-refractivity contribution in [1.82, 2.24) is 9.97 Å². The lowest BCUT2D eigenvalue weighted by molar-refractivity contribution is -0.197. The third-order valence-electron chi connectivity index (χ3n) is 4.66. The number of nitrogens with zero attached hydrogens (tertiary/aromatic N) is 2. The zero-order chi connectivity index (χ0) is 22.9. The first-order chi connectivity index (χ1) is 15.3. The summed E-state index contributed by atoms with van der Waals surface area (Å²) in [7, 11) is 0. The van der Waals surface area contributed by atoms with Crippen molar-refractivity contribution in [2.45, 2.75) is 12.3 Å². The number of halogens is 5. The summed E-state index contributed by atoms with van der Waals surface area (Å²) in [4.78, 5) is 19.5. The number of fused-ring (bicyclic) bond motifs is 1. The molecular weight excluding hydrogens is 448 g/mol. The fraction of sp³-hybridized carbons (Fsp3) is 0.0870. The molecule has 0 N–H and O–H groups in total. The highest BCUT2D eigenvalue weighted by Crippen LogP contribution is 2.42. The van der Waals surface area contributed by atoms with Crippen molar-refractivity contribution in [3.05, 3.63) is 88.8 Å². The van der Waals surface area contributed by atoms with E-state index < -0.39 is 18.1 Å². The Kier molecular flexibility index (Phi) is 5.80. The van der Waals surface area contributed by atoms with E-state index in [0.29, 0.717) is 22.9 Å². The van der Waals surface area contributed by atoms with E-state index in [4.69, 9.17) is 16.3 Å². The summed E-state index contributed by atoms with van der Waals surface area (Å²) in [5.41, 5.74) is 0.675. The Morgan fingerprint density at radius 3 is 2.44 bits per heavy atom. The molecule has 32 heavy (non-hydrogen) atoms. The number of benzene rings is 3. The minimum Gasteiger partial charge on any atom is -0.475 e. The van der Waals surface area contributed by atoms with E-state index in [1.807, 2.05) is 0 Å². The van der Waals surface area contributed by atoms with Gasteiger partial charge in [-0.3, -0.25) is 9.78 Å². The molecule has 9 heteroatoms. The van der Waals surface area contributed by atoms with Gasteiger partial charge >= 0.3 is 6.18 Å². The number of alkyl halides is 3. The Morgan fingerprint density at radius 1 is 1.00 bits per heavy atom. The van der Waals surface area contributed by atoms with Crippen molar-refractivity contribution in [2.24, 2.45) is 0 Å². The standard InChI is InChI=1S/C23H13ClF4N2O2/c24-21-19(32-22(23(26,27)28)14-4-2-1-3-5-14)9-7-15(25)20(21)18-11-29-16-8-6-13(12-31)10-17(16)30-18/h1-12,22H. The molecule has 0 saturated carbocycles. The fourth-order valence-electron chi connectivity index (χ4n) is 3.16. The highest BCUT2D eigenvalue weighted by molar-refractivity contribution is 6.34. The van der Waals surface area contributed by atoms with Crippen LogP contribution in [-0.2, 0) is 0 Å². The van der Waals surface area contributed by atoms with E-state index in [1.54, 1.807) is 18.2 Å². The van der Waals surface area contributed by atoms with Gasteiger partial charge in [0.15, 0.2) is 0 Å². The van der Waals surface area contributed by atoms with Gasteiger partial charge in [0.1, 0.15) is 17.9 Å². The number of rotatable bonds is 5. The summed E-state index contributed by atoms with van der Waals surface area (Å²) >= 11 is 6.28. The minimum atomic E-state index is -4.74. The van der Waals surface area contributed by atoms with Gasteiger partial charge in [-0.2, -0.15) is 13.2 Å². The van der Waals surface area contributed by atoms with E-state index in [9.17, 15) is 22.4 Å². The number of ether oxygens (including phenoxy) is 1. The Morgan fingerprint density at radius 2 is 1.75 bits per heavy atom. The first-order valence-corrected chi connectivity index (χ1v) is 9.64. The van der Waals surface area contributed by atoms with Crippen LogP contribution in [0.3, 0.4) is 0 Å². The molecule has 3 aromatic carbocycles. The summed E-state index contributed by atoms with van der Waals surface area (Å²) in [6.45, 7) is 0. The van der Waals surface area contributed by atoms with E-state index in [2.05, 4.69) is 9.97 Å². The van der Waals surface area contributed by atoms with Gasteiger partial charge in [0, 0.05) is 11.1 Å². The van der Waals surface area contributed by atoms with Crippen LogP contribution in [0.4, 0.5) is 17.6 Å². The average Bonchev–Trinajstić information content (AvgIpc) is 2.78. The SMILES string of the molecule is O=Cc1ccc2ncc(-c3c(F)ccc(OC(c4ccccc4)C(F)(F)F)c3Cl)nc2c1. The highest BCUT2D eigenvalue weighted by Gasteiger charge is 2.43. The van der Waals surface area contributed by atoms with Crippen molar-refractivity contribution >= 4 is 28.9 Å². The van der Waals surface area contributed by atoms with Crippen LogP contribution < -0.4 is 4.74 Å². The summed E-state index contributed by atoms with van der Waals surface area (Å²) < 4.78 is 60.9. The van der Waals surface area contributed by atoms with Crippen LogP contribution in [-0.4, -0.2) is 22.4 Å². The Labute approximate surface area is 184 Å². The smallest absolute Gasteiger partial charge is 0.429 e. The third kappa shape index (κ3) is 4.27. The first kappa shape index (κ1) is 21.7. The summed E-state index contributed by atoms with van der Waals surface area (Å²) in [5.74, 6) is -1.18. The topological polar surface area (TPSA) is 52.1 Å². The van der Waals surface area contributed by atoms with Gasteiger partial charge in [-0.25, -0.2) is 9.37 Å². The molecule has 4 nitrogen and oxygen atoms in total. The highest BCUT2D eigenvalue weighted by atomic mass is 35.5.